The lowest BCUT2D eigenvalue weighted by molar-refractivity contribution is 0.0593. The van der Waals surface area contributed by atoms with Gasteiger partial charge in [-0.1, -0.05) is 24.3 Å². The fourth-order valence-electron chi connectivity index (χ4n) is 5.15. The molecule has 3 aliphatic rings. The molecule has 5 rings (SSSR count). The number of rotatable bonds is 4. The van der Waals surface area contributed by atoms with Crippen molar-refractivity contribution < 1.29 is 4.74 Å². The second-order valence-electron chi connectivity index (χ2n) is 8.64. The molecule has 0 radical (unpaired) electrons. The van der Waals surface area contributed by atoms with Crippen LogP contribution in [0.2, 0.25) is 0 Å². The van der Waals surface area contributed by atoms with Crippen molar-refractivity contribution in [2.75, 3.05) is 44.2 Å². The number of fused-ring (bicyclic) bond motifs is 1. The summed E-state index contributed by atoms with van der Waals surface area (Å²) in [5, 5.41) is 3.41. The lowest BCUT2D eigenvalue weighted by atomic mass is 10.0. The van der Waals surface area contributed by atoms with Crippen molar-refractivity contribution in [1.82, 2.24) is 10.2 Å². The largest absolute Gasteiger partial charge is 0.484 e. The van der Waals surface area contributed by atoms with Crippen LogP contribution in [-0.4, -0.2) is 56.3 Å². The number of hydrogen-bond donors (Lipinski definition) is 2. The molecule has 2 unspecified atom stereocenters. The summed E-state index contributed by atoms with van der Waals surface area (Å²) in [6.45, 7) is 6.32. The zero-order valence-electron chi connectivity index (χ0n) is 17.1. The molecule has 154 valence electrons. The number of nitrogens with one attached hydrogen (secondary N) is 1. The molecule has 2 aromatic rings. The summed E-state index contributed by atoms with van der Waals surface area (Å²) in [6, 6.07) is 18.1. The Hall–Kier alpha value is -2.08. The van der Waals surface area contributed by atoms with Crippen LogP contribution < -0.4 is 20.7 Å². The fourth-order valence-corrected chi connectivity index (χ4v) is 5.15. The molecule has 0 spiro atoms. The van der Waals surface area contributed by atoms with Crippen LogP contribution in [0.1, 0.15) is 30.1 Å². The van der Waals surface area contributed by atoms with E-state index < -0.39 is 0 Å². The standard InChI is InChI=1S/C24H32N4O/c25-19-5-3-13-28(17-19)23-16-18-4-1-2-6-22(18)24(23)29-21-9-7-20(8-10-21)27-14-11-26-12-15-27/h1-2,4,6-10,19,23-24,26H,3,5,11-17,25H2/t19-,23?,24?/m0/s1. The molecule has 0 saturated carbocycles. The van der Waals surface area contributed by atoms with Gasteiger partial charge in [0, 0.05) is 44.5 Å². The van der Waals surface area contributed by atoms with Crippen LogP contribution in [0.4, 0.5) is 5.69 Å². The maximum atomic E-state index is 6.63. The van der Waals surface area contributed by atoms with Gasteiger partial charge in [0.05, 0.1) is 6.04 Å². The van der Waals surface area contributed by atoms with Gasteiger partial charge in [-0.2, -0.15) is 0 Å². The Labute approximate surface area is 173 Å². The van der Waals surface area contributed by atoms with Crippen molar-refractivity contribution in [3.63, 3.8) is 0 Å². The minimum atomic E-state index is 0.0709. The third kappa shape index (κ3) is 4.00. The second-order valence-corrected chi connectivity index (χ2v) is 8.64. The molecule has 3 atom stereocenters. The number of hydrogen-bond acceptors (Lipinski definition) is 5. The van der Waals surface area contributed by atoms with Crippen LogP contribution in [0.15, 0.2) is 48.5 Å². The highest BCUT2D eigenvalue weighted by molar-refractivity contribution is 5.50. The number of piperidine rings is 1. The molecule has 5 nitrogen and oxygen atoms in total. The summed E-state index contributed by atoms with van der Waals surface area (Å²) in [5.74, 6) is 0.955. The first-order valence-corrected chi connectivity index (χ1v) is 11.1. The molecule has 0 bridgehead atoms. The molecule has 2 heterocycles. The number of piperazine rings is 1. The fraction of sp³-hybridized carbons (Fsp3) is 0.500. The van der Waals surface area contributed by atoms with E-state index in [0.717, 1.165) is 57.9 Å². The van der Waals surface area contributed by atoms with Gasteiger partial charge in [-0.25, -0.2) is 0 Å². The minimum Gasteiger partial charge on any atom is -0.484 e. The predicted octanol–water partition coefficient (Wildman–Crippen LogP) is 2.56. The van der Waals surface area contributed by atoms with E-state index in [1.54, 1.807) is 0 Å². The molecule has 0 aromatic heterocycles. The van der Waals surface area contributed by atoms with E-state index in [-0.39, 0.29) is 12.1 Å². The molecule has 0 amide bonds. The number of anilines is 1. The summed E-state index contributed by atoms with van der Waals surface area (Å²) in [6.07, 6.45) is 3.43. The highest BCUT2D eigenvalue weighted by Gasteiger charge is 2.39. The van der Waals surface area contributed by atoms with Gasteiger partial charge < -0.3 is 20.7 Å². The van der Waals surface area contributed by atoms with E-state index in [1.165, 1.54) is 23.2 Å². The first kappa shape index (κ1) is 18.9. The van der Waals surface area contributed by atoms with Crippen molar-refractivity contribution in [2.24, 2.45) is 5.73 Å². The highest BCUT2D eigenvalue weighted by Crippen LogP contribution is 2.39. The molecule has 3 N–H and O–H groups in total. The normalized spacial score (nSPS) is 27.6. The van der Waals surface area contributed by atoms with Gasteiger partial charge in [0.15, 0.2) is 0 Å². The summed E-state index contributed by atoms with van der Waals surface area (Å²) >= 11 is 0. The lowest BCUT2D eigenvalue weighted by Crippen LogP contribution is -2.49. The summed E-state index contributed by atoms with van der Waals surface area (Å²) in [5.41, 5.74) is 10.3. The molecule has 2 aromatic carbocycles. The second kappa shape index (κ2) is 8.34. The minimum absolute atomic E-state index is 0.0709. The van der Waals surface area contributed by atoms with Gasteiger partial charge in [0.25, 0.3) is 0 Å². The monoisotopic (exact) mass is 392 g/mol. The van der Waals surface area contributed by atoms with Crippen molar-refractivity contribution >= 4 is 5.69 Å². The van der Waals surface area contributed by atoms with Gasteiger partial charge in [-0.05, 0) is 61.2 Å². The van der Waals surface area contributed by atoms with Crippen LogP contribution >= 0.6 is 0 Å². The third-order valence-electron chi connectivity index (χ3n) is 6.68. The van der Waals surface area contributed by atoms with Gasteiger partial charge in [-0.15, -0.1) is 0 Å². The molecule has 29 heavy (non-hydrogen) atoms. The van der Waals surface area contributed by atoms with E-state index >= 15 is 0 Å². The lowest BCUT2D eigenvalue weighted by Gasteiger charge is -2.38. The topological polar surface area (TPSA) is 53.8 Å². The first-order chi connectivity index (χ1) is 14.3. The average molecular weight is 393 g/mol. The Bertz CT molecular complexity index is 818. The number of nitrogens with two attached hydrogens (primary N) is 1. The highest BCUT2D eigenvalue weighted by atomic mass is 16.5. The maximum Gasteiger partial charge on any atom is 0.140 e. The SMILES string of the molecule is N[C@H]1CCCN(C2Cc3ccccc3C2Oc2ccc(N3CCNCC3)cc2)C1. The average Bonchev–Trinajstić information content (AvgIpc) is 3.13. The van der Waals surface area contributed by atoms with Crippen LogP contribution in [0.5, 0.6) is 5.75 Å². The molecule has 5 heteroatoms. The zero-order chi connectivity index (χ0) is 19.6. The maximum absolute atomic E-state index is 6.63. The molecule has 1 aliphatic carbocycles. The molecular formula is C24H32N4O. The number of likely N-dealkylation sites (tertiary alicyclic amines) is 1. The Balaban J connectivity index is 1.35. The number of ether oxygens (including phenoxy) is 1. The van der Waals surface area contributed by atoms with E-state index in [9.17, 15) is 0 Å². The van der Waals surface area contributed by atoms with Crippen LogP contribution in [0.3, 0.4) is 0 Å². The smallest absolute Gasteiger partial charge is 0.140 e. The van der Waals surface area contributed by atoms with Gasteiger partial charge in [0.1, 0.15) is 11.9 Å². The number of nitrogens with zero attached hydrogens (tertiary/aromatic N) is 2. The van der Waals surface area contributed by atoms with Crippen molar-refractivity contribution in [2.45, 2.75) is 37.5 Å². The summed E-state index contributed by atoms with van der Waals surface area (Å²) in [4.78, 5) is 5.00. The summed E-state index contributed by atoms with van der Waals surface area (Å²) < 4.78 is 6.63. The van der Waals surface area contributed by atoms with Gasteiger partial charge in [-0.3, -0.25) is 4.90 Å². The third-order valence-corrected chi connectivity index (χ3v) is 6.68. The van der Waals surface area contributed by atoms with E-state index in [4.69, 9.17) is 10.5 Å². The van der Waals surface area contributed by atoms with Gasteiger partial charge in [0.2, 0.25) is 0 Å². The number of benzene rings is 2. The molecule has 2 saturated heterocycles. The van der Waals surface area contributed by atoms with E-state index in [2.05, 4.69) is 63.6 Å². The quantitative estimate of drug-likeness (QED) is 0.838. The van der Waals surface area contributed by atoms with E-state index in [0.29, 0.717) is 6.04 Å². The van der Waals surface area contributed by atoms with Crippen molar-refractivity contribution in [1.29, 1.82) is 0 Å². The zero-order valence-corrected chi connectivity index (χ0v) is 17.1. The molecule has 2 aliphatic heterocycles. The summed E-state index contributed by atoms with van der Waals surface area (Å²) in [7, 11) is 0. The van der Waals surface area contributed by atoms with Crippen LogP contribution in [0.25, 0.3) is 0 Å². The predicted molar refractivity (Wildman–Crippen MR) is 118 cm³/mol. The van der Waals surface area contributed by atoms with Gasteiger partial charge >= 0.3 is 0 Å². The van der Waals surface area contributed by atoms with Crippen molar-refractivity contribution in [3.8, 4) is 5.75 Å². The molecule has 2 fully saturated rings. The van der Waals surface area contributed by atoms with Crippen LogP contribution in [0, 0.1) is 0 Å². The Morgan fingerprint density at radius 1 is 0.966 bits per heavy atom. The van der Waals surface area contributed by atoms with Crippen molar-refractivity contribution in [3.05, 3.63) is 59.7 Å². The Morgan fingerprint density at radius 2 is 1.76 bits per heavy atom. The van der Waals surface area contributed by atoms with E-state index in [1.807, 2.05) is 0 Å². The first-order valence-electron chi connectivity index (χ1n) is 11.1. The molecular weight excluding hydrogens is 360 g/mol. The van der Waals surface area contributed by atoms with Crippen LogP contribution in [-0.2, 0) is 6.42 Å². The Morgan fingerprint density at radius 3 is 2.55 bits per heavy atom. The Kier molecular flexibility index (Phi) is 5.44.